The van der Waals surface area contributed by atoms with Gasteiger partial charge in [0.15, 0.2) is 0 Å². The molecule has 1 aliphatic rings. The highest BCUT2D eigenvalue weighted by molar-refractivity contribution is 5.43. The summed E-state index contributed by atoms with van der Waals surface area (Å²) >= 11 is 0. The number of aromatic nitrogens is 1. The largest absolute Gasteiger partial charge is 0.357 e. The Morgan fingerprint density at radius 1 is 1.26 bits per heavy atom. The zero-order valence-electron chi connectivity index (χ0n) is 12.7. The Morgan fingerprint density at radius 2 is 2.04 bits per heavy atom. The fraction of sp³-hybridized carbons (Fsp3) is 0.353. The van der Waals surface area contributed by atoms with Crippen molar-refractivity contribution in [1.82, 2.24) is 4.98 Å². The first-order valence-corrected chi connectivity index (χ1v) is 7.71. The van der Waals surface area contributed by atoms with E-state index >= 15 is 0 Å². The Bertz CT molecular complexity index is 682. The second-order valence-corrected chi connectivity index (χ2v) is 5.90. The first kappa shape index (κ1) is 15.4. The van der Waals surface area contributed by atoms with E-state index in [2.05, 4.69) is 9.88 Å². The van der Waals surface area contributed by atoms with Crippen molar-refractivity contribution >= 4 is 11.5 Å². The Labute approximate surface area is 133 Å². The maximum Gasteiger partial charge on any atom is 0.287 e. The first-order chi connectivity index (χ1) is 11.1. The summed E-state index contributed by atoms with van der Waals surface area (Å²) in [7, 11) is 0. The average Bonchev–Trinajstić information content (AvgIpc) is 2.56. The molecule has 6 heteroatoms. The lowest BCUT2D eigenvalue weighted by atomic mass is 9.90. The highest BCUT2D eigenvalue weighted by Gasteiger charge is 2.21. The van der Waals surface area contributed by atoms with Crippen LogP contribution in [0.25, 0.3) is 0 Å². The van der Waals surface area contributed by atoms with Crippen molar-refractivity contribution < 1.29 is 9.31 Å². The highest BCUT2D eigenvalue weighted by Crippen LogP contribution is 2.25. The van der Waals surface area contributed by atoms with Crippen molar-refractivity contribution in [1.29, 1.82) is 0 Å². The van der Waals surface area contributed by atoms with Gasteiger partial charge in [0.25, 0.3) is 5.69 Å². The fourth-order valence-corrected chi connectivity index (χ4v) is 3.04. The van der Waals surface area contributed by atoms with E-state index in [-0.39, 0.29) is 11.5 Å². The van der Waals surface area contributed by atoms with Crippen LogP contribution in [0.4, 0.5) is 15.9 Å². The smallest absolute Gasteiger partial charge is 0.287 e. The monoisotopic (exact) mass is 315 g/mol. The first-order valence-electron chi connectivity index (χ1n) is 7.71. The molecular weight excluding hydrogens is 297 g/mol. The average molecular weight is 315 g/mol. The second kappa shape index (κ2) is 6.73. The molecule has 2 heterocycles. The van der Waals surface area contributed by atoms with Crippen molar-refractivity contribution in [2.45, 2.75) is 19.3 Å². The Kier molecular flexibility index (Phi) is 4.50. The van der Waals surface area contributed by atoms with Crippen molar-refractivity contribution in [3.8, 4) is 0 Å². The van der Waals surface area contributed by atoms with Gasteiger partial charge in [0.1, 0.15) is 17.8 Å². The summed E-state index contributed by atoms with van der Waals surface area (Å²) in [6.45, 7) is 1.73. The Hall–Kier alpha value is -2.50. The summed E-state index contributed by atoms with van der Waals surface area (Å²) in [5, 5.41) is 10.7. The molecule has 0 radical (unpaired) electrons. The van der Waals surface area contributed by atoms with Gasteiger partial charge < -0.3 is 4.90 Å². The third-order valence-electron chi connectivity index (χ3n) is 4.30. The van der Waals surface area contributed by atoms with Crippen molar-refractivity contribution in [2.75, 3.05) is 18.0 Å². The van der Waals surface area contributed by atoms with Crippen LogP contribution >= 0.6 is 0 Å². The maximum absolute atomic E-state index is 13.2. The van der Waals surface area contributed by atoms with Gasteiger partial charge in [-0.3, -0.25) is 10.1 Å². The zero-order chi connectivity index (χ0) is 16.2. The van der Waals surface area contributed by atoms with Crippen LogP contribution in [0, 0.1) is 21.8 Å². The van der Waals surface area contributed by atoms with Crippen LogP contribution < -0.4 is 4.90 Å². The molecule has 0 unspecified atom stereocenters. The predicted octanol–water partition coefficient (Wildman–Crippen LogP) is 3.59. The number of nitro groups is 1. The number of hydrogen-bond acceptors (Lipinski definition) is 4. The van der Waals surface area contributed by atoms with E-state index in [4.69, 9.17) is 0 Å². The zero-order valence-corrected chi connectivity index (χ0v) is 12.7. The molecule has 1 fully saturated rings. The fourth-order valence-electron chi connectivity index (χ4n) is 3.04. The highest BCUT2D eigenvalue weighted by atomic mass is 19.1. The topological polar surface area (TPSA) is 59.3 Å². The van der Waals surface area contributed by atoms with Crippen molar-refractivity contribution in [3.63, 3.8) is 0 Å². The normalized spacial score (nSPS) is 15.6. The van der Waals surface area contributed by atoms with Gasteiger partial charge in [0.2, 0.25) is 0 Å². The minimum absolute atomic E-state index is 0.00902. The number of hydrogen-bond donors (Lipinski definition) is 0. The van der Waals surface area contributed by atoms with Gasteiger partial charge in [-0.1, -0.05) is 12.1 Å². The van der Waals surface area contributed by atoms with Crippen LogP contribution in [-0.4, -0.2) is 23.0 Å². The van der Waals surface area contributed by atoms with Crippen LogP contribution in [0.2, 0.25) is 0 Å². The number of pyridine rings is 1. The maximum atomic E-state index is 13.2. The number of anilines is 1. The summed E-state index contributed by atoms with van der Waals surface area (Å²) in [5.74, 6) is 1.13. The third-order valence-corrected chi connectivity index (χ3v) is 4.30. The Morgan fingerprint density at radius 3 is 2.65 bits per heavy atom. The molecule has 0 amide bonds. The van der Waals surface area contributed by atoms with Gasteiger partial charge in [-0.15, -0.1) is 0 Å². The molecule has 0 spiro atoms. The van der Waals surface area contributed by atoms with Crippen LogP contribution in [0.3, 0.4) is 0 Å². The van der Waals surface area contributed by atoms with Crippen LogP contribution in [0.5, 0.6) is 0 Å². The summed E-state index contributed by atoms with van der Waals surface area (Å²) in [5.41, 5.74) is 1.05. The van der Waals surface area contributed by atoms with Crippen molar-refractivity contribution in [2.24, 2.45) is 5.92 Å². The molecule has 5 nitrogen and oxygen atoms in total. The molecule has 2 aromatic rings. The van der Waals surface area contributed by atoms with Gasteiger partial charge in [0.05, 0.1) is 4.92 Å². The molecule has 0 aliphatic carbocycles. The molecule has 0 saturated carbocycles. The molecule has 120 valence electrons. The lowest BCUT2D eigenvalue weighted by Gasteiger charge is -2.32. The Balaban J connectivity index is 1.56. The molecule has 0 bridgehead atoms. The van der Waals surface area contributed by atoms with Crippen LogP contribution in [0.1, 0.15) is 18.4 Å². The minimum Gasteiger partial charge on any atom is -0.357 e. The summed E-state index contributed by atoms with van der Waals surface area (Å²) in [4.78, 5) is 16.5. The number of benzene rings is 1. The van der Waals surface area contributed by atoms with E-state index in [1.165, 1.54) is 18.3 Å². The van der Waals surface area contributed by atoms with Gasteiger partial charge in [0, 0.05) is 19.2 Å². The summed E-state index contributed by atoms with van der Waals surface area (Å²) in [6, 6.07) is 9.97. The molecule has 1 aromatic carbocycles. The summed E-state index contributed by atoms with van der Waals surface area (Å²) in [6.07, 6.45) is 4.21. The number of piperidine rings is 1. The minimum atomic E-state index is -0.442. The van der Waals surface area contributed by atoms with E-state index in [0.717, 1.165) is 43.7 Å². The van der Waals surface area contributed by atoms with Crippen LogP contribution in [-0.2, 0) is 6.42 Å². The lowest BCUT2D eigenvalue weighted by Crippen LogP contribution is -2.34. The quantitative estimate of drug-likeness (QED) is 0.639. The van der Waals surface area contributed by atoms with E-state index in [9.17, 15) is 14.5 Å². The number of halogens is 1. The number of rotatable bonds is 4. The van der Waals surface area contributed by atoms with E-state index in [1.54, 1.807) is 18.2 Å². The molecule has 0 N–H and O–H groups in total. The summed E-state index contributed by atoms with van der Waals surface area (Å²) < 4.78 is 13.2. The van der Waals surface area contributed by atoms with Gasteiger partial charge >= 0.3 is 0 Å². The van der Waals surface area contributed by atoms with E-state index in [1.807, 2.05) is 6.07 Å². The lowest BCUT2D eigenvalue weighted by molar-refractivity contribution is -0.385. The van der Waals surface area contributed by atoms with E-state index < -0.39 is 4.92 Å². The van der Waals surface area contributed by atoms with Crippen LogP contribution in [0.15, 0.2) is 42.6 Å². The van der Waals surface area contributed by atoms with Crippen molar-refractivity contribution in [3.05, 3.63) is 64.1 Å². The molecule has 1 saturated heterocycles. The van der Waals surface area contributed by atoms with Gasteiger partial charge in [-0.2, -0.15) is 0 Å². The molecule has 0 atom stereocenters. The van der Waals surface area contributed by atoms with E-state index in [0.29, 0.717) is 5.92 Å². The standard InChI is InChI=1S/C17H18FN3O2/c18-15-3-1-2-14(11-15)10-13-6-8-20(9-7-13)17-5-4-16(12-19-17)21(22)23/h1-5,11-13H,6-10H2. The van der Waals surface area contributed by atoms with Gasteiger partial charge in [-0.25, -0.2) is 9.37 Å². The number of nitrogens with zero attached hydrogens (tertiary/aromatic N) is 3. The molecule has 3 rings (SSSR count). The SMILES string of the molecule is O=[N+]([O-])c1ccc(N2CCC(Cc3cccc(F)c3)CC2)nc1. The predicted molar refractivity (Wildman–Crippen MR) is 85.9 cm³/mol. The molecule has 1 aliphatic heterocycles. The molecular formula is C17H18FN3O2. The van der Waals surface area contributed by atoms with Gasteiger partial charge in [-0.05, 0) is 48.9 Å². The molecule has 1 aromatic heterocycles. The third kappa shape index (κ3) is 3.83. The molecule has 23 heavy (non-hydrogen) atoms. The second-order valence-electron chi connectivity index (χ2n) is 5.90.